The minimum atomic E-state index is -0.437. The summed E-state index contributed by atoms with van der Waals surface area (Å²) in [6, 6.07) is 5.80. The molecule has 1 amide bonds. The molecule has 0 aromatic carbocycles. The summed E-state index contributed by atoms with van der Waals surface area (Å²) in [5.74, 6) is -0.640. The van der Waals surface area contributed by atoms with E-state index in [1.165, 1.54) is 18.4 Å². The average Bonchev–Trinajstić information content (AvgIpc) is 3.00. The number of nitrogens with one attached hydrogen (secondary N) is 1. The molecule has 2 aromatic rings. The Morgan fingerprint density at radius 1 is 1.40 bits per heavy atom. The van der Waals surface area contributed by atoms with Crippen molar-refractivity contribution in [3.05, 3.63) is 40.3 Å². The zero-order chi connectivity index (χ0) is 14.1. The van der Waals surface area contributed by atoms with Crippen LogP contribution in [0.15, 0.2) is 29.8 Å². The van der Waals surface area contributed by atoms with Gasteiger partial charge in [0.1, 0.15) is 10.6 Å². The van der Waals surface area contributed by atoms with E-state index in [0.717, 1.165) is 12.8 Å². The predicted octanol–water partition coefficient (Wildman–Crippen LogP) is 2.92. The fourth-order valence-electron chi connectivity index (χ4n) is 2.10. The zero-order valence-electron chi connectivity index (χ0n) is 11.0. The van der Waals surface area contributed by atoms with Crippen LogP contribution in [-0.4, -0.2) is 23.6 Å². The molecule has 1 N–H and O–H groups in total. The number of aromatic nitrogens is 1. The monoisotopic (exact) mass is 290 g/mol. The molecule has 0 aliphatic heterocycles. The molecule has 1 aliphatic rings. The number of rotatable bonds is 4. The van der Waals surface area contributed by atoms with Crippen LogP contribution in [0, 0.1) is 0 Å². The molecule has 20 heavy (non-hydrogen) atoms. The summed E-state index contributed by atoms with van der Waals surface area (Å²) in [7, 11) is 1.33. The highest BCUT2D eigenvalue weighted by atomic mass is 32.1. The van der Waals surface area contributed by atoms with Crippen LogP contribution in [-0.2, 0) is 4.74 Å². The summed E-state index contributed by atoms with van der Waals surface area (Å²) in [5, 5.41) is 4.53. The quantitative estimate of drug-likeness (QED) is 0.881. The van der Waals surface area contributed by atoms with Gasteiger partial charge in [0.2, 0.25) is 0 Å². The van der Waals surface area contributed by atoms with Gasteiger partial charge in [0.15, 0.2) is 0 Å². The van der Waals surface area contributed by atoms with Crippen molar-refractivity contribution in [2.24, 2.45) is 0 Å². The summed E-state index contributed by atoms with van der Waals surface area (Å²) in [6.45, 7) is 0. The Morgan fingerprint density at radius 3 is 2.90 bits per heavy atom. The first-order valence-electron chi connectivity index (χ1n) is 6.34. The van der Waals surface area contributed by atoms with Crippen molar-refractivity contribution in [1.82, 2.24) is 4.57 Å². The summed E-state index contributed by atoms with van der Waals surface area (Å²) in [6.07, 6.45) is 4.14. The Balaban J connectivity index is 1.81. The third-order valence-electron chi connectivity index (χ3n) is 3.24. The first-order chi connectivity index (χ1) is 9.70. The van der Waals surface area contributed by atoms with Crippen LogP contribution in [0.5, 0.6) is 0 Å². The van der Waals surface area contributed by atoms with Gasteiger partial charge in [-0.25, -0.2) is 4.79 Å². The molecule has 1 fully saturated rings. The Morgan fingerprint density at radius 2 is 2.20 bits per heavy atom. The van der Waals surface area contributed by atoms with Crippen molar-refractivity contribution in [1.29, 1.82) is 0 Å². The highest BCUT2D eigenvalue weighted by Crippen LogP contribution is 2.36. The van der Waals surface area contributed by atoms with Crippen LogP contribution < -0.4 is 5.32 Å². The maximum absolute atomic E-state index is 12.3. The maximum Gasteiger partial charge on any atom is 0.350 e. The molecule has 0 saturated heterocycles. The normalized spacial score (nSPS) is 14.1. The summed E-state index contributed by atoms with van der Waals surface area (Å²) >= 11 is 1.25. The number of amides is 1. The highest BCUT2D eigenvalue weighted by Gasteiger charge is 2.27. The van der Waals surface area contributed by atoms with Crippen molar-refractivity contribution < 1.29 is 14.3 Å². The van der Waals surface area contributed by atoms with E-state index in [1.807, 2.05) is 16.8 Å². The molecule has 0 radical (unpaired) electrons. The number of carbonyl (C=O) groups excluding carboxylic acids is 2. The maximum atomic E-state index is 12.3. The third-order valence-corrected chi connectivity index (χ3v) is 4.13. The molecule has 0 atom stereocenters. The van der Waals surface area contributed by atoms with Crippen LogP contribution in [0.1, 0.15) is 39.0 Å². The lowest BCUT2D eigenvalue weighted by Crippen LogP contribution is -2.17. The lowest BCUT2D eigenvalue weighted by molar-refractivity contribution is 0.0607. The fraction of sp³-hybridized carbons (Fsp3) is 0.286. The molecule has 1 saturated carbocycles. The lowest BCUT2D eigenvalue weighted by Gasteiger charge is -2.08. The van der Waals surface area contributed by atoms with Gasteiger partial charge in [-0.05, 0) is 36.4 Å². The van der Waals surface area contributed by atoms with Crippen molar-refractivity contribution in [3.63, 3.8) is 0 Å². The highest BCUT2D eigenvalue weighted by molar-refractivity contribution is 7.12. The summed E-state index contributed by atoms with van der Waals surface area (Å²) < 4.78 is 6.68. The van der Waals surface area contributed by atoms with Gasteiger partial charge in [0.25, 0.3) is 5.91 Å². The largest absolute Gasteiger partial charge is 0.465 e. The van der Waals surface area contributed by atoms with Crippen LogP contribution in [0.3, 0.4) is 0 Å². The van der Waals surface area contributed by atoms with Crippen molar-refractivity contribution in [3.8, 4) is 0 Å². The minimum Gasteiger partial charge on any atom is -0.465 e. The molecule has 2 aromatic heterocycles. The topological polar surface area (TPSA) is 60.3 Å². The van der Waals surface area contributed by atoms with E-state index < -0.39 is 5.97 Å². The lowest BCUT2D eigenvalue weighted by atomic mass is 10.3. The van der Waals surface area contributed by atoms with E-state index in [4.69, 9.17) is 4.74 Å². The first kappa shape index (κ1) is 12.9. The molecule has 0 spiro atoms. The number of anilines is 1. The summed E-state index contributed by atoms with van der Waals surface area (Å²) in [4.78, 5) is 24.3. The van der Waals surface area contributed by atoms with Gasteiger partial charge >= 0.3 is 5.97 Å². The van der Waals surface area contributed by atoms with E-state index in [-0.39, 0.29) is 5.91 Å². The van der Waals surface area contributed by atoms with E-state index >= 15 is 0 Å². The standard InChI is InChI=1S/C14H14N2O3S/c1-19-14(18)12-10(6-8-20-12)15-13(17)11-3-2-7-16(11)9-4-5-9/h2-3,6-9H,4-5H2,1H3,(H,15,17). The second-order valence-electron chi connectivity index (χ2n) is 4.64. The SMILES string of the molecule is COC(=O)c1sccc1NC(=O)c1cccn1C1CC1. The fourth-order valence-corrected chi connectivity index (χ4v) is 2.87. The van der Waals surface area contributed by atoms with E-state index in [0.29, 0.717) is 22.3 Å². The van der Waals surface area contributed by atoms with Crippen molar-refractivity contribution >= 4 is 28.9 Å². The number of carbonyl (C=O) groups is 2. The number of ether oxygens (including phenoxy) is 1. The first-order valence-corrected chi connectivity index (χ1v) is 7.22. The van der Waals surface area contributed by atoms with Gasteiger partial charge in [-0.1, -0.05) is 0 Å². The molecule has 5 nitrogen and oxygen atoms in total. The number of hydrogen-bond acceptors (Lipinski definition) is 4. The Kier molecular flexibility index (Phi) is 3.31. The molecular weight excluding hydrogens is 276 g/mol. The minimum absolute atomic E-state index is 0.203. The van der Waals surface area contributed by atoms with E-state index in [9.17, 15) is 9.59 Å². The van der Waals surface area contributed by atoms with Gasteiger partial charge < -0.3 is 14.6 Å². The molecule has 104 valence electrons. The van der Waals surface area contributed by atoms with Crippen LogP contribution >= 0.6 is 11.3 Å². The predicted molar refractivity (Wildman–Crippen MR) is 76.3 cm³/mol. The Bertz CT molecular complexity index is 655. The molecule has 6 heteroatoms. The van der Waals surface area contributed by atoms with Gasteiger partial charge in [0.05, 0.1) is 12.8 Å². The van der Waals surface area contributed by atoms with Gasteiger partial charge in [-0.15, -0.1) is 11.3 Å². The number of thiophene rings is 1. The molecule has 1 aliphatic carbocycles. The molecule has 3 rings (SSSR count). The molecule has 2 heterocycles. The van der Waals surface area contributed by atoms with Gasteiger partial charge in [-0.2, -0.15) is 0 Å². The Hall–Kier alpha value is -2.08. The van der Waals surface area contributed by atoms with E-state index in [2.05, 4.69) is 5.32 Å². The molecule has 0 bridgehead atoms. The zero-order valence-corrected chi connectivity index (χ0v) is 11.8. The van der Waals surface area contributed by atoms with Gasteiger partial charge in [0, 0.05) is 12.2 Å². The van der Waals surface area contributed by atoms with E-state index in [1.54, 1.807) is 17.5 Å². The van der Waals surface area contributed by atoms with Crippen LogP contribution in [0.4, 0.5) is 5.69 Å². The number of esters is 1. The number of nitrogens with zero attached hydrogens (tertiary/aromatic N) is 1. The second-order valence-corrected chi connectivity index (χ2v) is 5.56. The molecular formula is C14H14N2O3S. The molecule has 0 unspecified atom stereocenters. The summed E-state index contributed by atoms with van der Waals surface area (Å²) in [5.41, 5.74) is 1.12. The smallest absolute Gasteiger partial charge is 0.350 e. The average molecular weight is 290 g/mol. The number of methoxy groups -OCH3 is 1. The van der Waals surface area contributed by atoms with Crippen molar-refractivity contribution in [2.45, 2.75) is 18.9 Å². The number of hydrogen-bond donors (Lipinski definition) is 1. The third kappa shape index (κ3) is 2.34. The Labute approximate surface area is 120 Å². The van der Waals surface area contributed by atoms with Gasteiger partial charge in [-0.3, -0.25) is 4.79 Å². The van der Waals surface area contributed by atoms with Crippen LogP contribution in [0.2, 0.25) is 0 Å². The second kappa shape index (κ2) is 5.13. The van der Waals surface area contributed by atoms with Crippen LogP contribution in [0.25, 0.3) is 0 Å². The van der Waals surface area contributed by atoms with Crippen molar-refractivity contribution in [2.75, 3.05) is 12.4 Å².